The Morgan fingerprint density at radius 2 is 1.82 bits per heavy atom. The molecule has 1 aromatic heterocycles. The first-order chi connectivity index (χ1) is 8.16. The highest BCUT2D eigenvalue weighted by atomic mass is 16.6. The number of nitrogens with zero attached hydrogens (tertiary/aromatic N) is 3. The molecule has 0 aliphatic carbocycles. The first kappa shape index (κ1) is 10.3. The van der Waals surface area contributed by atoms with E-state index in [0.29, 0.717) is 29.8 Å². The van der Waals surface area contributed by atoms with Crippen LogP contribution in [0.25, 0.3) is 11.0 Å². The molecule has 7 nitrogen and oxygen atoms in total. The predicted molar refractivity (Wildman–Crippen MR) is 60.4 cm³/mol. The number of rotatable bonds is 1. The van der Waals surface area contributed by atoms with Crippen molar-refractivity contribution in [1.82, 2.24) is 10.3 Å². The summed E-state index contributed by atoms with van der Waals surface area (Å²) in [5.41, 5.74) is 8.04. The van der Waals surface area contributed by atoms with Crippen molar-refractivity contribution in [2.24, 2.45) is 0 Å². The number of aliphatic hydroxyl groups is 2. The van der Waals surface area contributed by atoms with E-state index in [1.807, 2.05) is 4.90 Å². The second-order valence-corrected chi connectivity index (χ2v) is 4.18. The average molecular weight is 236 g/mol. The molecular formula is C10H12N4O3. The van der Waals surface area contributed by atoms with Crippen LogP contribution < -0.4 is 10.6 Å². The lowest BCUT2D eigenvalue weighted by Gasteiger charge is -2.17. The number of aromatic nitrogens is 2. The minimum atomic E-state index is -0.748. The van der Waals surface area contributed by atoms with Crippen LogP contribution in [0, 0.1) is 0 Å². The molecule has 90 valence electrons. The fourth-order valence-electron chi connectivity index (χ4n) is 2.09. The van der Waals surface area contributed by atoms with Gasteiger partial charge in [-0.2, -0.15) is 0 Å². The number of fused-ring (bicyclic) bond motifs is 1. The van der Waals surface area contributed by atoms with Crippen molar-refractivity contribution in [2.45, 2.75) is 12.2 Å². The van der Waals surface area contributed by atoms with Crippen molar-refractivity contribution < 1.29 is 14.8 Å². The van der Waals surface area contributed by atoms with E-state index in [0.717, 1.165) is 5.69 Å². The highest BCUT2D eigenvalue weighted by Crippen LogP contribution is 2.30. The minimum absolute atomic E-state index is 0.354. The molecule has 4 N–H and O–H groups in total. The Morgan fingerprint density at radius 1 is 1.18 bits per heavy atom. The van der Waals surface area contributed by atoms with Gasteiger partial charge in [0.25, 0.3) is 0 Å². The summed E-state index contributed by atoms with van der Waals surface area (Å²) in [5, 5.41) is 26.6. The van der Waals surface area contributed by atoms with Gasteiger partial charge in [0.1, 0.15) is 0 Å². The summed E-state index contributed by atoms with van der Waals surface area (Å²) in [4.78, 5) is 1.83. The molecule has 0 spiro atoms. The van der Waals surface area contributed by atoms with Gasteiger partial charge in [-0.3, -0.25) is 0 Å². The topological polar surface area (TPSA) is 109 Å². The molecule has 1 aliphatic heterocycles. The Labute approximate surface area is 96.4 Å². The van der Waals surface area contributed by atoms with E-state index in [-0.39, 0.29) is 0 Å². The zero-order valence-corrected chi connectivity index (χ0v) is 8.95. The molecule has 0 radical (unpaired) electrons. The molecule has 0 bridgehead atoms. The molecule has 1 aromatic carbocycles. The van der Waals surface area contributed by atoms with Crippen LogP contribution in [0.4, 0.5) is 11.4 Å². The number of nitrogen functional groups attached to an aromatic ring is 1. The number of hydrogen-bond acceptors (Lipinski definition) is 7. The van der Waals surface area contributed by atoms with Gasteiger partial charge in [0.15, 0.2) is 11.0 Å². The number of β-amino-alcohol motifs (C(OH)–C–C–N with tert-alkyl or cyclic N) is 2. The van der Waals surface area contributed by atoms with E-state index in [9.17, 15) is 10.2 Å². The Balaban J connectivity index is 2.07. The molecule has 7 heteroatoms. The fourth-order valence-corrected chi connectivity index (χ4v) is 2.09. The Hall–Kier alpha value is -1.86. The van der Waals surface area contributed by atoms with Crippen LogP contribution >= 0.6 is 0 Å². The smallest absolute Gasteiger partial charge is 0.160 e. The van der Waals surface area contributed by atoms with E-state index in [1.54, 1.807) is 12.1 Å². The second-order valence-electron chi connectivity index (χ2n) is 4.18. The first-order valence-corrected chi connectivity index (χ1v) is 5.28. The molecule has 1 saturated heterocycles. The van der Waals surface area contributed by atoms with E-state index < -0.39 is 12.2 Å². The van der Waals surface area contributed by atoms with Crippen molar-refractivity contribution in [1.29, 1.82) is 0 Å². The Bertz CT molecular complexity index is 545. The van der Waals surface area contributed by atoms with Crippen LogP contribution in [0.5, 0.6) is 0 Å². The number of aliphatic hydroxyl groups excluding tert-OH is 2. The summed E-state index contributed by atoms with van der Waals surface area (Å²) in [6.07, 6.45) is -1.50. The van der Waals surface area contributed by atoms with E-state index in [1.165, 1.54) is 0 Å². The fraction of sp³-hybridized carbons (Fsp3) is 0.400. The van der Waals surface area contributed by atoms with Crippen LogP contribution in [-0.4, -0.2) is 45.8 Å². The third-order valence-electron chi connectivity index (χ3n) is 3.03. The van der Waals surface area contributed by atoms with Gasteiger partial charge in [-0.25, -0.2) is 4.63 Å². The monoisotopic (exact) mass is 236 g/mol. The standard InChI is InChI=1S/C10H12N4O3/c11-5-1-2-6(10-9(5)12-17-13-10)14-3-7(15)8(16)4-14/h1-2,7-8,15-16H,3-4,11H2. The number of nitrogens with two attached hydrogens (primary N) is 1. The Kier molecular flexibility index (Phi) is 2.17. The first-order valence-electron chi connectivity index (χ1n) is 5.28. The summed E-state index contributed by atoms with van der Waals surface area (Å²) < 4.78 is 4.67. The summed E-state index contributed by atoms with van der Waals surface area (Å²) >= 11 is 0. The number of hydrogen-bond donors (Lipinski definition) is 3. The van der Waals surface area contributed by atoms with Gasteiger partial charge in [-0.1, -0.05) is 0 Å². The molecule has 2 aromatic rings. The maximum absolute atomic E-state index is 9.53. The van der Waals surface area contributed by atoms with Gasteiger partial charge in [0.05, 0.1) is 23.6 Å². The van der Waals surface area contributed by atoms with E-state index in [4.69, 9.17) is 5.73 Å². The van der Waals surface area contributed by atoms with Gasteiger partial charge < -0.3 is 20.8 Å². The minimum Gasteiger partial charge on any atom is -0.397 e. The summed E-state index contributed by atoms with van der Waals surface area (Å²) in [5.74, 6) is 0. The van der Waals surface area contributed by atoms with E-state index in [2.05, 4.69) is 14.9 Å². The van der Waals surface area contributed by atoms with Crippen molar-refractivity contribution in [3.05, 3.63) is 12.1 Å². The maximum atomic E-state index is 9.53. The summed E-state index contributed by atoms with van der Waals surface area (Å²) in [6, 6.07) is 3.49. The second kappa shape index (κ2) is 3.57. The van der Waals surface area contributed by atoms with Crippen molar-refractivity contribution in [3.8, 4) is 0 Å². The highest BCUT2D eigenvalue weighted by molar-refractivity contribution is 5.95. The molecule has 1 aliphatic rings. The third kappa shape index (κ3) is 1.51. The molecule has 3 rings (SSSR count). The van der Waals surface area contributed by atoms with Gasteiger partial charge in [-0.15, -0.1) is 0 Å². The highest BCUT2D eigenvalue weighted by Gasteiger charge is 2.31. The summed E-state index contributed by atoms with van der Waals surface area (Å²) in [7, 11) is 0. The van der Waals surface area contributed by atoms with Crippen LogP contribution in [0.3, 0.4) is 0 Å². The molecule has 2 unspecified atom stereocenters. The third-order valence-corrected chi connectivity index (χ3v) is 3.03. The van der Waals surface area contributed by atoms with E-state index >= 15 is 0 Å². The quantitative estimate of drug-likeness (QED) is 0.564. The van der Waals surface area contributed by atoms with Gasteiger partial charge in [-0.05, 0) is 22.4 Å². The molecule has 0 amide bonds. The van der Waals surface area contributed by atoms with Crippen molar-refractivity contribution in [2.75, 3.05) is 23.7 Å². The molecule has 0 saturated carbocycles. The number of benzene rings is 1. The van der Waals surface area contributed by atoms with Crippen LogP contribution in [0.2, 0.25) is 0 Å². The number of anilines is 2. The van der Waals surface area contributed by atoms with Crippen LogP contribution in [0.15, 0.2) is 16.8 Å². The maximum Gasteiger partial charge on any atom is 0.160 e. The predicted octanol–water partition coefficient (Wildman–Crippen LogP) is -0.653. The Morgan fingerprint density at radius 3 is 2.53 bits per heavy atom. The van der Waals surface area contributed by atoms with Crippen molar-refractivity contribution >= 4 is 22.4 Å². The lowest BCUT2D eigenvalue weighted by atomic mass is 10.2. The lowest BCUT2D eigenvalue weighted by Crippen LogP contribution is -2.22. The molecule has 1 fully saturated rings. The van der Waals surface area contributed by atoms with Crippen molar-refractivity contribution in [3.63, 3.8) is 0 Å². The van der Waals surface area contributed by atoms with Gasteiger partial charge in [0, 0.05) is 13.1 Å². The lowest BCUT2D eigenvalue weighted by molar-refractivity contribution is 0.0572. The molecule has 2 heterocycles. The summed E-state index contributed by atoms with van der Waals surface area (Å²) in [6.45, 7) is 0.708. The zero-order chi connectivity index (χ0) is 12.0. The van der Waals surface area contributed by atoms with Crippen LogP contribution in [-0.2, 0) is 0 Å². The zero-order valence-electron chi connectivity index (χ0n) is 8.95. The van der Waals surface area contributed by atoms with Gasteiger partial charge in [0.2, 0.25) is 0 Å². The largest absolute Gasteiger partial charge is 0.397 e. The SMILES string of the molecule is Nc1ccc(N2CC(O)C(O)C2)c2nonc12. The van der Waals surface area contributed by atoms with Crippen LogP contribution in [0.1, 0.15) is 0 Å². The molecule has 17 heavy (non-hydrogen) atoms. The average Bonchev–Trinajstić information content (AvgIpc) is 2.88. The van der Waals surface area contributed by atoms with Gasteiger partial charge >= 0.3 is 0 Å². The molecule has 2 atom stereocenters. The molecular weight excluding hydrogens is 224 g/mol. The normalized spacial score (nSPS) is 24.7.